The average Bonchev–Trinajstić information content (AvgIpc) is 3.16. The zero-order valence-electron chi connectivity index (χ0n) is 16.6. The fraction of sp³-hybridized carbons (Fsp3) is 0.409. The number of aryl methyl sites for hydroxylation is 1. The fourth-order valence-electron chi connectivity index (χ4n) is 3.34. The summed E-state index contributed by atoms with van der Waals surface area (Å²) in [5, 5.41) is 17.2. The smallest absolute Gasteiger partial charge is 0.191 e. The second-order valence-corrected chi connectivity index (χ2v) is 7.06. The molecule has 3 N–H and O–H groups in total. The molecule has 1 heterocycles. The first-order valence-electron chi connectivity index (χ1n) is 9.75. The van der Waals surface area contributed by atoms with Crippen LogP contribution in [0.1, 0.15) is 30.6 Å². The lowest BCUT2D eigenvalue weighted by Crippen LogP contribution is -2.44. The second kappa shape index (κ2) is 11.3. The molecule has 1 aliphatic heterocycles. The summed E-state index contributed by atoms with van der Waals surface area (Å²) in [7, 11) is 0. The molecule has 0 aliphatic carbocycles. The first kappa shape index (κ1) is 22.5. The van der Waals surface area contributed by atoms with Gasteiger partial charge in [-0.2, -0.15) is 0 Å². The van der Waals surface area contributed by atoms with Gasteiger partial charge in [-0.3, -0.25) is 4.99 Å². The molecule has 6 heteroatoms. The van der Waals surface area contributed by atoms with Gasteiger partial charge < -0.3 is 20.6 Å². The standard InChI is InChI=1S/C22H30N4O.HI/c1-3-23-22(24-15-21(27)18-11-9-17(2)10-12-18)25-19-13-14-26(16-19)20-7-5-4-6-8-20;/h4-12,19,21,27H,3,13-16H2,1-2H3,(H2,23,24,25);1H. The lowest BCUT2D eigenvalue weighted by Gasteiger charge is -2.20. The normalized spacial score (nSPS) is 17.8. The van der Waals surface area contributed by atoms with Crippen molar-refractivity contribution in [1.29, 1.82) is 0 Å². The quantitative estimate of drug-likeness (QED) is 0.327. The van der Waals surface area contributed by atoms with Gasteiger partial charge in [0.15, 0.2) is 5.96 Å². The number of benzene rings is 2. The third-order valence-electron chi connectivity index (χ3n) is 4.88. The molecular weight excluding hydrogens is 463 g/mol. The Balaban J connectivity index is 0.00000280. The van der Waals surface area contributed by atoms with E-state index in [9.17, 15) is 5.11 Å². The molecule has 1 saturated heterocycles. The van der Waals surface area contributed by atoms with Crippen LogP contribution in [0.4, 0.5) is 5.69 Å². The molecule has 0 amide bonds. The Bertz CT molecular complexity index is 736. The van der Waals surface area contributed by atoms with E-state index in [0.717, 1.165) is 37.6 Å². The number of aliphatic hydroxyl groups is 1. The van der Waals surface area contributed by atoms with Crippen LogP contribution in [-0.2, 0) is 0 Å². The maximum atomic E-state index is 10.4. The summed E-state index contributed by atoms with van der Waals surface area (Å²) < 4.78 is 0. The van der Waals surface area contributed by atoms with E-state index >= 15 is 0 Å². The number of aliphatic hydroxyl groups excluding tert-OH is 1. The van der Waals surface area contributed by atoms with Crippen LogP contribution in [0.3, 0.4) is 0 Å². The molecule has 1 aliphatic rings. The summed E-state index contributed by atoms with van der Waals surface area (Å²) in [5.41, 5.74) is 3.35. The molecule has 0 aromatic heterocycles. The van der Waals surface area contributed by atoms with E-state index in [0.29, 0.717) is 12.6 Å². The minimum atomic E-state index is -0.592. The number of rotatable bonds is 6. The zero-order chi connectivity index (χ0) is 19.1. The van der Waals surface area contributed by atoms with Crippen molar-refractivity contribution in [3.05, 3.63) is 65.7 Å². The van der Waals surface area contributed by atoms with Crippen LogP contribution in [0.5, 0.6) is 0 Å². The molecule has 2 aromatic carbocycles. The highest BCUT2D eigenvalue weighted by atomic mass is 127. The van der Waals surface area contributed by atoms with Crippen molar-refractivity contribution in [1.82, 2.24) is 10.6 Å². The Morgan fingerprint density at radius 3 is 2.57 bits per heavy atom. The molecule has 2 atom stereocenters. The number of anilines is 1. The van der Waals surface area contributed by atoms with Crippen LogP contribution >= 0.6 is 24.0 Å². The van der Waals surface area contributed by atoms with Crippen LogP contribution < -0.4 is 15.5 Å². The van der Waals surface area contributed by atoms with Gasteiger partial charge in [0.2, 0.25) is 0 Å². The molecule has 152 valence electrons. The van der Waals surface area contributed by atoms with Crippen LogP contribution in [0, 0.1) is 6.92 Å². The Kier molecular flexibility index (Phi) is 9.05. The maximum absolute atomic E-state index is 10.4. The average molecular weight is 494 g/mol. The number of para-hydroxylation sites is 1. The summed E-state index contributed by atoms with van der Waals surface area (Å²) in [6.07, 6.45) is 0.477. The molecule has 5 nitrogen and oxygen atoms in total. The van der Waals surface area contributed by atoms with Crippen molar-refractivity contribution in [2.75, 3.05) is 31.1 Å². The summed E-state index contributed by atoms with van der Waals surface area (Å²) in [6, 6.07) is 18.8. The third-order valence-corrected chi connectivity index (χ3v) is 4.88. The maximum Gasteiger partial charge on any atom is 0.191 e. The predicted molar refractivity (Wildman–Crippen MR) is 128 cm³/mol. The van der Waals surface area contributed by atoms with Gasteiger partial charge >= 0.3 is 0 Å². The first-order chi connectivity index (χ1) is 13.2. The number of hydrogen-bond donors (Lipinski definition) is 3. The highest BCUT2D eigenvalue weighted by Gasteiger charge is 2.23. The van der Waals surface area contributed by atoms with Gasteiger partial charge in [-0.15, -0.1) is 24.0 Å². The van der Waals surface area contributed by atoms with Crippen molar-refractivity contribution in [2.24, 2.45) is 4.99 Å². The fourth-order valence-corrected chi connectivity index (χ4v) is 3.34. The van der Waals surface area contributed by atoms with Crippen LogP contribution in [0.2, 0.25) is 0 Å². The van der Waals surface area contributed by atoms with E-state index in [1.807, 2.05) is 37.3 Å². The monoisotopic (exact) mass is 494 g/mol. The summed E-state index contributed by atoms with van der Waals surface area (Å²) >= 11 is 0. The summed E-state index contributed by atoms with van der Waals surface area (Å²) in [6.45, 7) is 7.22. The Morgan fingerprint density at radius 2 is 1.89 bits per heavy atom. The SMILES string of the molecule is CCNC(=NCC(O)c1ccc(C)cc1)NC1CCN(c2ccccc2)C1.I. The van der Waals surface area contributed by atoms with Crippen molar-refractivity contribution in [2.45, 2.75) is 32.4 Å². The van der Waals surface area contributed by atoms with E-state index in [1.54, 1.807) is 0 Å². The van der Waals surface area contributed by atoms with Crippen LogP contribution in [0.25, 0.3) is 0 Å². The van der Waals surface area contributed by atoms with Gasteiger partial charge in [0, 0.05) is 31.4 Å². The molecule has 1 fully saturated rings. The highest BCUT2D eigenvalue weighted by molar-refractivity contribution is 14.0. The van der Waals surface area contributed by atoms with E-state index in [1.165, 1.54) is 11.3 Å². The second-order valence-electron chi connectivity index (χ2n) is 7.06. The molecule has 3 rings (SSSR count). The van der Waals surface area contributed by atoms with E-state index in [4.69, 9.17) is 0 Å². The van der Waals surface area contributed by atoms with Gasteiger partial charge in [0.05, 0.1) is 12.6 Å². The molecule has 0 bridgehead atoms. The van der Waals surface area contributed by atoms with Crippen molar-refractivity contribution in [3.63, 3.8) is 0 Å². The van der Waals surface area contributed by atoms with Crippen LogP contribution in [-0.4, -0.2) is 43.3 Å². The minimum Gasteiger partial charge on any atom is -0.386 e. The molecule has 0 saturated carbocycles. The lowest BCUT2D eigenvalue weighted by molar-refractivity contribution is 0.187. The Hall–Kier alpha value is -1.80. The number of hydrogen-bond acceptors (Lipinski definition) is 3. The van der Waals surface area contributed by atoms with Gasteiger partial charge in [0.25, 0.3) is 0 Å². The first-order valence-corrected chi connectivity index (χ1v) is 9.75. The molecular formula is C22H31IN4O. The zero-order valence-corrected chi connectivity index (χ0v) is 19.0. The van der Waals surface area contributed by atoms with Crippen LogP contribution in [0.15, 0.2) is 59.6 Å². The minimum absolute atomic E-state index is 0. The largest absolute Gasteiger partial charge is 0.386 e. The molecule has 2 aromatic rings. The van der Waals surface area contributed by atoms with E-state index < -0.39 is 6.10 Å². The van der Waals surface area contributed by atoms with E-state index in [2.05, 4.69) is 51.7 Å². The van der Waals surface area contributed by atoms with E-state index in [-0.39, 0.29) is 24.0 Å². The number of aliphatic imine (C=N–C) groups is 1. The van der Waals surface area contributed by atoms with Crippen molar-refractivity contribution >= 4 is 35.6 Å². The van der Waals surface area contributed by atoms with Gasteiger partial charge in [-0.05, 0) is 38.0 Å². The molecule has 0 spiro atoms. The molecule has 0 radical (unpaired) electrons. The van der Waals surface area contributed by atoms with Gasteiger partial charge in [-0.1, -0.05) is 48.0 Å². The molecule has 28 heavy (non-hydrogen) atoms. The molecule has 2 unspecified atom stereocenters. The summed E-state index contributed by atoms with van der Waals surface area (Å²) in [4.78, 5) is 6.99. The third kappa shape index (κ3) is 6.38. The summed E-state index contributed by atoms with van der Waals surface area (Å²) in [5.74, 6) is 0.767. The topological polar surface area (TPSA) is 59.9 Å². The Labute approximate surface area is 185 Å². The highest BCUT2D eigenvalue weighted by Crippen LogP contribution is 2.19. The number of nitrogens with zero attached hydrogens (tertiary/aromatic N) is 2. The van der Waals surface area contributed by atoms with Crippen molar-refractivity contribution < 1.29 is 5.11 Å². The number of nitrogens with one attached hydrogen (secondary N) is 2. The number of halogens is 1. The van der Waals surface area contributed by atoms with Crippen molar-refractivity contribution in [3.8, 4) is 0 Å². The lowest BCUT2D eigenvalue weighted by atomic mass is 10.1. The van der Waals surface area contributed by atoms with Gasteiger partial charge in [0.1, 0.15) is 0 Å². The number of guanidine groups is 1. The van der Waals surface area contributed by atoms with Gasteiger partial charge in [-0.25, -0.2) is 0 Å². The Morgan fingerprint density at radius 1 is 1.18 bits per heavy atom. The predicted octanol–water partition coefficient (Wildman–Crippen LogP) is 3.48.